The van der Waals surface area contributed by atoms with E-state index in [0.29, 0.717) is 24.3 Å². The molecular weight excluding hydrogens is 466 g/mol. The van der Waals surface area contributed by atoms with Crippen LogP contribution in [0.3, 0.4) is 0 Å². The summed E-state index contributed by atoms with van der Waals surface area (Å²) in [7, 11) is -3.75. The Morgan fingerprint density at radius 2 is 1.74 bits per heavy atom. The average molecular weight is 494 g/mol. The molecule has 182 valence electrons. The van der Waals surface area contributed by atoms with Crippen molar-refractivity contribution in [3.63, 3.8) is 0 Å². The first kappa shape index (κ1) is 24.4. The average Bonchev–Trinajstić information content (AvgIpc) is 3.16. The largest absolute Gasteiger partial charge is 0.324 e. The number of imidazole rings is 1. The maximum atomic E-state index is 12.8. The molecule has 0 atom stereocenters. The van der Waals surface area contributed by atoms with Crippen molar-refractivity contribution in [1.29, 1.82) is 0 Å². The Bertz CT molecular complexity index is 1540. The Balaban J connectivity index is 1.56. The molecule has 0 saturated heterocycles. The molecule has 10 heteroatoms. The molecule has 1 amide bonds. The van der Waals surface area contributed by atoms with Gasteiger partial charge >= 0.3 is 0 Å². The number of hydrogen-bond acceptors (Lipinski definition) is 5. The first-order valence-electron chi connectivity index (χ1n) is 11.3. The number of anilines is 1. The van der Waals surface area contributed by atoms with Gasteiger partial charge in [-0.1, -0.05) is 32.0 Å². The number of sulfonamides is 1. The number of aromatic nitrogens is 3. The predicted molar refractivity (Wildman–Crippen MR) is 135 cm³/mol. The summed E-state index contributed by atoms with van der Waals surface area (Å²) in [5.41, 5.74) is 2.67. The van der Waals surface area contributed by atoms with Crippen LogP contribution in [0.4, 0.5) is 5.69 Å². The summed E-state index contributed by atoms with van der Waals surface area (Å²) < 4.78 is 30.0. The summed E-state index contributed by atoms with van der Waals surface area (Å²) in [5, 5.41) is 2.77. The zero-order valence-corrected chi connectivity index (χ0v) is 20.6. The Labute approximate surface area is 203 Å². The van der Waals surface area contributed by atoms with E-state index < -0.39 is 21.5 Å². The minimum atomic E-state index is -3.75. The van der Waals surface area contributed by atoms with Gasteiger partial charge in [-0.2, -0.15) is 4.31 Å². The summed E-state index contributed by atoms with van der Waals surface area (Å²) in [6, 6.07) is 17.7. The van der Waals surface area contributed by atoms with Gasteiger partial charge in [0.2, 0.25) is 15.9 Å². The number of para-hydroxylation sites is 1. The number of nitrogens with zero attached hydrogens (tertiary/aromatic N) is 4. The maximum absolute atomic E-state index is 12.8. The van der Waals surface area contributed by atoms with Crippen LogP contribution in [0.5, 0.6) is 0 Å². The Kier molecular flexibility index (Phi) is 6.86. The number of carbonyl (C=O) groups excluding carboxylic acids is 1. The molecule has 0 bridgehead atoms. The van der Waals surface area contributed by atoms with Crippen molar-refractivity contribution >= 4 is 32.7 Å². The van der Waals surface area contributed by atoms with Gasteiger partial charge in [0.15, 0.2) is 0 Å². The summed E-state index contributed by atoms with van der Waals surface area (Å²) in [4.78, 5) is 29.6. The summed E-state index contributed by atoms with van der Waals surface area (Å²) in [5.74, 6) is 0.357. The van der Waals surface area contributed by atoms with Crippen LogP contribution in [-0.2, 0) is 21.4 Å². The van der Waals surface area contributed by atoms with Gasteiger partial charge in [-0.05, 0) is 43.3 Å². The fourth-order valence-electron chi connectivity index (χ4n) is 4.03. The SMILES string of the molecule is CCN(CC)S(=O)(=O)c1ccc(=O)n(CC(=O)Nc2ccc3c(c2)nc(C)n3-c2ccccc2)c1. The molecule has 1 N–H and O–H groups in total. The molecule has 0 saturated carbocycles. The van der Waals surface area contributed by atoms with E-state index in [-0.39, 0.29) is 11.4 Å². The molecule has 0 fully saturated rings. The van der Waals surface area contributed by atoms with Crippen LogP contribution in [-0.4, -0.2) is 45.8 Å². The number of fused-ring (bicyclic) bond motifs is 1. The standard InChI is InChI=1S/C25H27N5O4S/c1-4-29(5-2)35(33,34)21-12-14-25(32)28(16-21)17-24(31)27-19-11-13-23-22(15-19)26-18(3)30(23)20-9-7-6-8-10-20/h6-16H,4-5,17H2,1-3H3,(H,27,31). The molecule has 0 spiro atoms. The molecule has 0 unspecified atom stereocenters. The summed E-state index contributed by atoms with van der Waals surface area (Å²) in [6.07, 6.45) is 1.21. The van der Waals surface area contributed by atoms with Crippen LogP contribution in [0, 0.1) is 6.92 Å². The van der Waals surface area contributed by atoms with Gasteiger partial charge in [-0.25, -0.2) is 13.4 Å². The first-order chi connectivity index (χ1) is 16.7. The quantitative estimate of drug-likeness (QED) is 0.406. The van der Waals surface area contributed by atoms with E-state index in [1.165, 1.54) is 16.6 Å². The Morgan fingerprint density at radius 1 is 1.03 bits per heavy atom. The van der Waals surface area contributed by atoms with Crippen molar-refractivity contribution in [2.45, 2.75) is 32.2 Å². The lowest BCUT2D eigenvalue weighted by Gasteiger charge is -2.19. The molecule has 2 aromatic heterocycles. The predicted octanol–water partition coefficient (Wildman–Crippen LogP) is 3.16. The monoisotopic (exact) mass is 493 g/mol. The van der Waals surface area contributed by atoms with E-state index in [4.69, 9.17) is 0 Å². The lowest BCUT2D eigenvalue weighted by atomic mass is 10.2. The number of aryl methyl sites for hydroxylation is 1. The van der Waals surface area contributed by atoms with E-state index in [9.17, 15) is 18.0 Å². The zero-order valence-electron chi connectivity index (χ0n) is 19.8. The second kappa shape index (κ2) is 9.85. The van der Waals surface area contributed by atoms with E-state index in [1.807, 2.05) is 47.9 Å². The van der Waals surface area contributed by atoms with Gasteiger partial charge in [0.25, 0.3) is 5.56 Å². The van der Waals surface area contributed by atoms with E-state index in [2.05, 4.69) is 10.3 Å². The third-order valence-corrected chi connectivity index (χ3v) is 7.77. The number of hydrogen-bond donors (Lipinski definition) is 1. The van der Waals surface area contributed by atoms with Crippen LogP contribution >= 0.6 is 0 Å². The van der Waals surface area contributed by atoms with Crippen LogP contribution in [0.2, 0.25) is 0 Å². The van der Waals surface area contributed by atoms with Crippen molar-refractivity contribution in [1.82, 2.24) is 18.4 Å². The molecule has 35 heavy (non-hydrogen) atoms. The number of rotatable bonds is 8. The molecule has 9 nitrogen and oxygen atoms in total. The van der Waals surface area contributed by atoms with Crippen LogP contribution in [0.1, 0.15) is 19.7 Å². The van der Waals surface area contributed by atoms with Gasteiger partial charge in [-0.3, -0.25) is 14.2 Å². The zero-order chi connectivity index (χ0) is 25.2. The molecule has 2 aromatic carbocycles. The second-order valence-corrected chi connectivity index (χ2v) is 9.94. The summed E-state index contributed by atoms with van der Waals surface area (Å²) in [6.45, 7) is 5.69. The van der Waals surface area contributed by atoms with Gasteiger partial charge < -0.3 is 9.88 Å². The van der Waals surface area contributed by atoms with Crippen molar-refractivity contribution in [3.05, 3.63) is 83.0 Å². The van der Waals surface area contributed by atoms with E-state index in [0.717, 1.165) is 27.7 Å². The lowest BCUT2D eigenvalue weighted by molar-refractivity contribution is -0.116. The third kappa shape index (κ3) is 4.89. The van der Waals surface area contributed by atoms with Crippen LogP contribution < -0.4 is 10.9 Å². The second-order valence-electron chi connectivity index (χ2n) is 8.00. The highest BCUT2D eigenvalue weighted by atomic mass is 32.2. The summed E-state index contributed by atoms with van der Waals surface area (Å²) >= 11 is 0. The molecule has 0 radical (unpaired) electrons. The topological polar surface area (TPSA) is 106 Å². The molecule has 0 aliphatic heterocycles. The Morgan fingerprint density at radius 3 is 2.43 bits per heavy atom. The van der Waals surface area contributed by atoms with Crippen molar-refractivity contribution in [2.24, 2.45) is 0 Å². The number of pyridine rings is 1. The van der Waals surface area contributed by atoms with Crippen LogP contribution in [0.15, 0.2) is 76.6 Å². The van der Waals surface area contributed by atoms with Crippen molar-refractivity contribution < 1.29 is 13.2 Å². The minimum absolute atomic E-state index is 0.0306. The highest BCUT2D eigenvalue weighted by Gasteiger charge is 2.22. The molecule has 4 rings (SSSR count). The number of carbonyl (C=O) groups is 1. The highest BCUT2D eigenvalue weighted by molar-refractivity contribution is 7.89. The molecule has 2 heterocycles. The van der Waals surface area contributed by atoms with E-state index >= 15 is 0 Å². The fourth-order valence-corrected chi connectivity index (χ4v) is 5.51. The fraction of sp³-hybridized carbons (Fsp3) is 0.240. The van der Waals surface area contributed by atoms with Gasteiger partial charge in [0.1, 0.15) is 12.4 Å². The smallest absolute Gasteiger partial charge is 0.251 e. The molecule has 0 aliphatic rings. The first-order valence-corrected chi connectivity index (χ1v) is 12.7. The lowest BCUT2D eigenvalue weighted by Crippen LogP contribution is -2.33. The number of benzene rings is 2. The van der Waals surface area contributed by atoms with Crippen molar-refractivity contribution in [2.75, 3.05) is 18.4 Å². The van der Waals surface area contributed by atoms with E-state index in [1.54, 1.807) is 26.0 Å². The molecule has 0 aliphatic carbocycles. The Hall–Kier alpha value is -3.76. The molecular formula is C25H27N5O4S. The normalized spacial score (nSPS) is 11.8. The number of nitrogens with one attached hydrogen (secondary N) is 1. The number of amides is 1. The van der Waals surface area contributed by atoms with Crippen molar-refractivity contribution in [3.8, 4) is 5.69 Å². The van der Waals surface area contributed by atoms with Crippen LogP contribution in [0.25, 0.3) is 16.7 Å². The van der Waals surface area contributed by atoms with Gasteiger partial charge in [0.05, 0.1) is 15.9 Å². The third-order valence-electron chi connectivity index (χ3n) is 5.73. The maximum Gasteiger partial charge on any atom is 0.251 e. The van der Waals surface area contributed by atoms with Gasteiger partial charge in [0, 0.05) is 36.7 Å². The van der Waals surface area contributed by atoms with Gasteiger partial charge in [-0.15, -0.1) is 0 Å². The molecule has 4 aromatic rings. The highest BCUT2D eigenvalue weighted by Crippen LogP contribution is 2.24. The minimum Gasteiger partial charge on any atom is -0.324 e.